The molecule has 0 amide bonds. The fourth-order valence-electron chi connectivity index (χ4n) is 3.57. The summed E-state index contributed by atoms with van der Waals surface area (Å²) in [6.07, 6.45) is 0.643. The Morgan fingerprint density at radius 1 is 1.11 bits per heavy atom. The number of rotatable bonds is 7. The van der Waals surface area contributed by atoms with Crippen LogP contribution in [-0.2, 0) is 16.4 Å². The molecule has 1 unspecified atom stereocenters. The van der Waals surface area contributed by atoms with Crippen LogP contribution in [0.25, 0.3) is 0 Å². The second-order valence-electron chi connectivity index (χ2n) is 7.01. The summed E-state index contributed by atoms with van der Waals surface area (Å²) in [5.41, 5.74) is 2.12. The molecule has 146 valence electrons. The van der Waals surface area contributed by atoms with Crippen LogP contribution in [-0.4, -0.2) is 49.0 Å². The molecule has 0 radical (unpaired) electrons. The molecule has 1 atom stereocenters. The minimum absolute atomic E-state index is 0.0427. The molecule has 1 saturated heterocycles. The van der Waals surface area contributed by atoms with E-state index in [1.807, 2.05) is 43.0 Å². The summed E-state index contributed by atoms with van der Waals surface area (Å²) in [5, 5.41) is 0. The van der Waals surface area contributed by atoms with Gasteiger partial charge in [-0.25, -0.2) is 13.4 Å². The van der Waals surface area contributed by atoms with E-state index in [0.29, 0.717) is 18.9 Å². The maximum atomic E-state index is 11.9. The lowest BCUT2D eigenvalue weighted by Gasteiger charge is -2.29. The highest BCUT2D eigenvalue weighted by atomic mass is 32.2. The van der Waals surface area contributed by atoms with E-state index in [1.54, 1.807) is 0 Å². The Labute approximate surface area is 162 Å². The van der Waals surface area contributed by atoms with Crippen LogP contribution in [0.2, 0.25) is 0 Å². The van der Waals surface area contributed by atoms with Gasteiger partial charge in [0.1, 0.15) is 5.82 Å². The van der Waals surface area contributed by atoms with Crippen LogP contribution in [0.4, 0.5) is 11.8 Å². The molecule has 1 aromatic heterocycles. The van der Waals surface area contributed by atoms with Crippen LogP contribution in [0.1, 0.15) is 31.5 Å². The first-order valence-electron chi connectivity index (χ1n) is 9.53. The highest BCUT2D eigenvalue weighted by Crippen LogP contribution is 2.24. The molecular formula is C20H28N4O2S. The van der Waals surface area contributed by atoms with Crippen molar-refractivity contribution in [3.8, 4) is 0 Å². The van der Waals surface area contributed by atoms with Gasteiger partial charge in [0.2, 0.25) is 5.95 Å². The molecule has 7 heteroatoms. The lowest BCUT2D eigenvalue weighted by Crippen LogP contribution is -2.38. The summed E-state index contributed by atoms with van der Waals surface area (Å²) in [7, 11) is -2.95. The molecule has 6 nitrogen and oxygen atoms in total. The van der Waals surface area contributed by atoms with Gasteiger partial charge < -0.3 is 9.80 Å². The van der Waals surface area contributed by atoms with E-state index >= 15 is 0 Å². The minimum Gasteiger partial charge on any atom is -0.352 e. The SMILES string of the molecule is CCN(Cc1ccccc1)c1cc(C)nc(N(CC)C2CCS(=O)(=O)C2)n1. The molecule has 1 aliphatic heterocycles. The van der Waals surface area contributed by atoms with Crippen molar-refractivity contribution in [2.24, 2.45) is 0 Å². The molecule has 3 rings (SSSR count). The molecule has 1 fully saturated rings. The average Bonchev–Trinajstić information content (AvgIpc) is 3.00. The molecule has 2 heterocycles. The molecule has 0 spiro atoms. The zero-order chi connectivity index (χ0) is 19.4. The number of hydrogen-bond acceptors (Lipinski definition) is 6. The predicted molar refractivity (Wildman–Crippen MR) is 110 cm³/mol. The molecule has 0 bridgehead atoms. The lowest BCUT2D eigenvalue weighted by atomic mass is 10.2. The van der Waals surface area contributed by atoms with Crippen molar-refractivity contribution in [3.63, 3.8) is 0 Å². The van der Waals surface area contributed by atoms with Gasteiger partial charge >= 0.3 is 0 Å². The molecule has 2 aromatic rings. The van der Waals surface area contributed by atoms with Gasteiger partial charge in [-0.05, 0) is 32.8 Å². The van der Waals surface area contributed by atoms with Gasteiger partial charge in [0.15, 0.2) is 9.84 Å². The Balaban J connectivity index is 1.88. The average molecular weight is 389 g/mol. The smallest absolute Gasteiger partial charge is 0.227 e. The fourth-order valence-corrected chi connectivity index (χ4v) is 5.30. The van der Waals surface area contributed by atoms with E-state index in [0.717, 1.165) is 24.6 Å². The number of anilines is 2. The number of hydrogen-bond donors (Lipinski definition) is 0. The van der Waals surface area contributed by atoms with Crippen molar-refractivity contribution in [1.82, 2.24) is 9.97 Å². The van der Waals surface area contributed by atoms with Crippen LogP contribution in [0.5, 0.6) is 0 Å². The standard InChI is InChI=1S/C20H28N4O2S/c1-4-23(14-17-9-7-6-8-10-17)19-13-16(3)21-20(22-19)24(5-2)18-11-12-27(25,26)15-18/h6-10,13,18H,4-5,11-12,14-15H2,1-3H3. The van der Waals surface area contributed by atoms with Crippen molar-refractivity contribution in [1.29, 1.82) is 0 Å². The zero-order valence-electron chi connectivity index (χ0n) is 16.3. The van der Waals surface area contributed by atoms with Gasteiger partial charge in [-0.2, -0.15) is 4.98 Å². The number of sulfone groups is 1. The third kappa shape index (κ3) is 4.77. The second kappa shape index (κ2) is 8.25. The van der Waals surface area contributed by atoms with E-state index in [2.05, 4.69) is 28.9 Å². The summed E-state index contributed by atoms with van der Waals surface area (Å²) >= 11 is 0. The highest BCUT2D eigenvalue weighted by molar-refractivity contribution is 7.91. The molecule has 0 aliphatic carbocycles. The van der Waals surface area contributed by atoms with E-state index in [-0.39, 0.29) is 17.5 Å². The van der Waals surface area contributed by atoms with Gasteiger partial charge in [-0.3, -0.25) is 0 Å². The van der Waals surface area contributed by atoms with Gasteiger partial charge in [0, 0.05) is 37.4 Å². The number of benzene rings is 1. The normalized spacial score (nSPS) is 18.4. The molecule has 0 N–H and O–H groups in total. The zero-order valence-corrected chi connectivity index (χ0v) is 17.1. The van der Waals surface area contributed by atoms with Crippen LogP contribution >= 0.6 is 0 Å². The summed E-state index contributed by atoms with van der Waals surface area (Å²) in [6, 6.07) is 12.3. The van der Waals surface area contributed by atoms with Gasteiger partial charge in [-0.15, -0.1) is 0 Å². The first-order valence-corrected chi connectivity index (χ1v) is 11.4. The van der Waals surface area contributed by atoms with Crippen molar-refractivity contribution in [2.45, 2.75) is 39.8 Å². The summed E-state index contributed by atoms with van der Waals surface area (Å²) in [6.45, 7) is 8.39. The van der Waals surface area contributed by atoms with Crippen LogP contribution in [0.15, 0.2) is 36.4 Å². The second-order valence-corrected chi connectivity index (χ2v) is 9.24. The predicted octanol–water partition coefficient (Wildman–Crippen LogP) is 2.82. The van der Waals surface area contributed by atoms with Crippen molar-refractivity contribution in [3.05, 3.63) is 47.7 Å². The van der Waals surface area contributed by atoms with Gasteiger partial charge in [-0.1, -0.05) is 30.3 Å². The van der Waals surface area contributed by atoms with E-state index in [4.69, 9.17) is 4.98 Å². The van der Waals surface area contributed by atoms with Gasteiger partial charge in [0.05, 0.1) is 11.5 Å². The summed E-state index contributed by atoms with van der Waals surface area (Å²) < 4.78 is 23.8. The maximum absolute atomic E-state index is 11.9. The van der Waals surface area contributed by atoms with Crippen LogP contribution in [0.3, 0.4) is 0 Å². The first-order chi connectivity index (χ1) is 12.9. The Morgan fingerprint density at radius 3 is 2.44 bits per heavy atom. The minimum atomic E-state index is -2.95. The number of aromatic nitrogens is 2. The topological polar surface area (TPSA) is 66.4 Å². The van der Waals surface area contributed by atoms with E-state index in [9.17, 15) is 8.42 Å². The summed E-state index contributed by atoms with van der Waals surface area (Å²) in [5.74, 6) is 1.95. The van der Waals surface area contributed by atoms with Crippen molar-refractivity contribution >= 4 is 21.6 Å². The molecule has 27 heavy (non-hydrogen) atoms. The summed E-state index contributed by atoms with van der Waals surface area (Å²) in [4.78, 5) is 13.7. The number of nitrogens with zero attached hydrogens (tertiary/aromatic N) is 4. The fraction of sp³-hybridized carbons (Fsp3) is 0.500. The monoisotopic (exact) mass is 388 g/mol. The molecular weight excluding hydrogens is 360 g/mol. The maximum Gasteiger partial charge on any atom is 0.227 e. The Bertz CT molecular complexity index is 871. The molecule has 0 saturated carbocycles. The largest absolute Gasteiger partial charge is 0.352 e. The first kappa shape index (κ1) is 19.6. The Kier molecular flexibility index (Phi) is 5.99. The molecule has 1 aromatic carbocycles. The van der Waals surface area contributed by atoms with Crippen LogP contribution < -0.4 is 9.80 Å². The van der Waals surface area contributed by atoms with E-state index in [1.165, 1.54) is 5.56 Å². The lowest BCUT2D eigenvalue weighted by molar-refractivity contribution is 0.599. The van der Waals surface area contributed by atoms with Gasteiger partial charge in [0.25, 0.3) is 0 Å². The Hall–Kier alpha value is -2.15. The van der Waals surface area contributed by atoms with Crippen LogP contribution in [0, 0.1) is 6.92 Å². The molecule has 1 aliphatic rings. The van der Waals surface area contributed by atoms with Crippen molar-refractivity contribution < 1.29 is 8.42 Å². The third-order valence-corrected chi connectivity index (χ3v) is 6.75. The quantitative estimate of drug-likeness (QED) is 0.727. The van der Waals surface area contributed by atoms with Crippen molar-refractivity contribution in [2.75, 3.05) is 34.4 Å². The highest BCUT2D eigenvalue weighted by Gasteiger charge is 2.33. The third-order valence-electron chi connectivity index (χ3n) is 5.00. The van der Waals surface area contributed by atoms with E-state index < -0.39 is 9.84 Å². The Morgan fingerprint density at radius 2 is 1.85 bits per heavy atom. The number of aryl methyl sites for hydroxylation is 1.